The summed E-state index contributed by atoms with van der Waals surface area (Å²) in [6, 6.07) is 5.66. The van der Waals surface area contributed by atoms with Crippen LogP contribution in [-0.2, 0) is 4.79 Å². The van der Waals surface area contributed by atoms with E-state index >= 15 is 0 Å². The Morgan fingerprint density at radius 2 is 1.90 bits per heavy atom. The summed E-state index contributed by atoms with van der Waals surface area (Å²) in [5, 5.41) is 0.124. The van der Waals surface area contributed by atoms with Crippen LogP contribution < -0.4 is 9.16 Å². The normalized spacial score (nSPS) is 12.5. The minimum atomic E-state index is -1.90. The van der Waals surface area contributed by atoms with Crippen LogP contribution in [-0.4, -0.2) is 14.8 Å². The van der Waals surface area contributed by atoms with Crippen LogP contribution in [0, 0.1) is 0 Å². The predicted molar refractivity (Wildman–Crippen MR) is 90.3 cm³/mol. The third-order valence-electron chi connectivity index (χ3n) is 3.87. The van der Waals surface area contributed by atoms with Gasteiger partial charge in [0.15, 0.2) is 0 Å². The maximum absolute atomic E-state index is 10.7. The van der Waals surface area contributed by atoms with Crippen LogP contribution >= 0.6 is 0 Å². The van der Waals surface area contributed by atoms with Gasteiger partial charge in [0.1, 0.15) is 11.5 Å². The molecule has 0 saturated carbocycles. The number of hydrogen-bond acceptors (Lipinski definition) is 3. The summed E-state index contributed by atoms with van der Waals surface area (Å²) < 4.78 is 11.3. The lowest BCUT2D eigenvalue weighted by Gasteiger charge is -2.36. The fraction of sp³-hybridized carbons (Fsp3) is 0.471. The van der Waals surface area contributed by atoms with Crippen molar-refractivity contribution in [3.05, 3.63) is 29.8 Å². The highest BCUT2D eigenvalue weighted by atomic mass is 28.4. The molecule has 0 N–H and O–H groups in total. The summed E-state index contributed by atoms with van der Waals surface area (Å²) in [6.07, 6.45) is 4.92. The molecule has 21 heavy (non-hydrogen) atoms. The van der Waals surface area contributed by atoms with Gasteiger partial charge in [0.25, 0.3) is 6.47 Å². The van der Waals surface area contributed by atoms with Crippen LogP contribution in [0.1, 0.15) is 39.7 Å². The van der Waals surface area contributed by atoms with Gasteiger partial charge in [-0.1, -0.05) is 39.8 Å². The van der Waals surface area contributed by atoms with Crippen molar-refractivity contribution >= 4 is 20.9 Å². The van der Waals surface area contributed by atoms with Crippen LogP contribution in [0.25, 0.3) is 6.08 Å². The Morgan fingerprint density at radius 1 is 1.24 bits per heavy atom. The average Bonchev–Trinajstić information content (AvgIpc) is 2.36. The Kier molecular flexibility index (Phi) is 5.78. The predicted octanol–water partition coefficient (Wildman–Crippen LogP) is 5.03. The zero-order chi connectivity index (χ0) is 16.1. The number of rotatable bonds is 6. The third kappa shape index (κ3) is 4.74. The Morgan fingerprint density at radius 3 is 2.43 bits per heavy atom. The van der Waals surface area contributed by atoms with Gasteiger partial charge in [0.2, 0.25) is 8.32 Å². The van der Waals surface area contributed by atoms with E-state index in [0.29, 0.717) is 12.2 Å². The molecule has 0 heterocycles. The number of carbonyl (C=O) groups is 1. The summed E-state index contributed by atoms with van der Waals surface area (Å²) in [5.74, 6) is 1.29. The second-order valence-corrected chi connectivity index (χ2v) is 11.3. The molecular weight excluding hydrogens is 280 g/mol. The van der Waals surface area contributed by atoms with E-state index in [2.05, 4.69) is 40.8 Å². The molecule has 4 heteroatoms. The van der Waals surface area contributed by atoms with Crippen molar-refractivity contribution in [1.82, 2.24) is 0 Å². The van der Waals surface area contributed by atoms with E-state index in [9.17, 15) is 4.79 Å². The molecule has 0 aliphatic heterocycles. The van der Waals surface area contributed by atoms with Crippen LogP contribution in [0.15, 0.2) is 24.3 Å². The number of ether oxygens (including phenoxy) is 1. The monoisotopic (exact) mass is 306 g/mol. The van der Waals surface area contributed by atoms with E-state index in [0.717, 1.165) is 17.7 Å². The van der Waals surface area contributed by atoms with E-state index in [1.165, 1.54) is 0 Å². The van der Waals surface area contributed by atoms with Crippen molar-refractivity contribution in [2.45, 2.75) is 52.2 Å². The molecule has 0 atom stereocenters. The molecule has 0 unspecified atom stereocenters. The Hall–Kier alpha value is -1.55. The Balaban J connectivity index is 3.08. The largest absolute Gasteiger partial charge is 0.543 e. The third-order valence-corrected chi connectivity index (χ3v) is 8.23. The molecule has 0 aliphatic carbocycles. The van der Waals surface area contributed by atoms with Gasteiger partial charge in [-0.25, -0.2) is 0 Å². The van der Waals surface area contributed by atoms with E-state index in [1.807, 2.05) is 24.3 Å². The van der Waals surface area contributed by atoms with E-state index in [1.54, 1.807) is 6.07 Å². The molecule has 0 aliphatic rings. The van der Waals surface area contributed by atoms with E-state index in [4.69, 9.17) is 9.16 Å². The molecule has 0 radical (unpaired) electrons. The Bertz CT molecular complexity index is 513. The molecule has 0 bridgehead atoms. The zero-order valence-electron chi connectivity index (χ0n) is 13.9. The summed E-state index contributed by atoms with van der Waals surface area (Å²) >= 11 is 0. The van der Waals surface area contributed by atoms with Crippen molar-refractivity contribution in [1.29, 1.82) is 0 Å². The topological polar surface area (TPSA) is 35.5 Å². The van der Waals surface area contributed by atoms with Gasteiger partial charge in [-0.05, 0) is 36.7 Å². The second-order valence-electron chi connectivity index (χ2n) is 6.59. The SMILES string of the molecule is CC/C=C\c1ccc(O[Si](C)(C)C(C)(C)C)cc1OC=O. The highest BCUT2D eigenvalue weighted by molar-refractivity contribution is 6.74. The van der Waals surface area contributed by atoms with Crippen molar-refractivity contribution in [2.75, 3.05) is 0 Å². The van der Waals surface area contributed by atoms with Gasteiger partial charge in [-0.2, -0.15) is 0 Å². The lowest BCUT2D eigenvalue weighted by Crippen LogP contribution is -2.43. The summed E-state index contributed by atoms with van der Waals surface area (Å²) in [6.45, 7) is 13.5. The quantitative estimate of drug-likeness (QED) is 0.546. The van der Waals surface area contributed by atoms with Crippen molar-refractivity contribution in [3.63, 3.8) is 0 Å². The van der Waals surface area contributed by atoms with E-state index in [-0.39, 0.29) is 5.04 Å². The molecule has 0 spiro atoms. The van der Waals surface area contributed by atoms with E-state index < -0.39 is 8.32 Å². The lowest BCUT2D eigenvalue weighted by molar-refractivity contribution is -0.120. The van der Waals surface area contributed by atoms with Gasteiger partial charge in [-0.15, -0.1) is 0 Å². The maximum atomic E-state index is 10.7. The summed E-state index contributed by atoms with van der Waals surface area (Å²) in [4.78, 5) is 10.7. The highest BCUT2D eigenvalue weighted by Gasteiger charge is 2.39. The number of hydrogen-bond donors (Lipinski definition) is 0. The molecule has 1 aromatic rings. The number of carbonyl (C=O) groups excluding carboxylic acids is 1. The van der Waals surface area contributed by atoms with Crippen LogP contribution in [0.5, 0.6) is 11.5 Å². The molecule has 1 aromatic carbocycles. The first-order valence-electron chi connectivity index (χ1n) is 7.31. The van der Waals surface area contributed by atoms with Crippen LogP contribution in [0.2, 0.25) is 18.1 Å². The highest BCUT2D eigenvalue weighted by Crippen LogP contribution is 2.38. The smallest absolute Gasteiger partial charge is 0.298 e. The molecule has 3 nitrogen and oxygen atoms in total. The van der Waals surface area contributed by atoms with Gasteiger partial charge in [0.05, 0.1) is 0 Å². The number of allylic oxidation sites excluding steroid dienone is 1. The first kappa shape index (κ1) is 17.5. The minimum absolute atomic E-state index is 0.124. The fourth-order valence-corrected chi connectivity index (χ4v) is 2.58. The lowest BCUT2D eigenvalue weighted by atomic mass is 10.1. The Labute approximate surface area is 129 Å². The van der Waals surface area contributed by atoms with Gasteiger partial charge in [-0.3, -0.25) is 4.79 Å². The summed E-state index contributed by atoms with van der Waals surface area (Å²) in [5.41, 5.74) is 0.881. The standard InChI is InChI=1S/C17H26O3Si/c1-7-8-9-14-10-11-15(12-16(14)19-13-18)20-21(5,6)17(2,3)4/h8-13H,7H2,1-6H3/b9-8-. The molecule has 1 rings (SSSR count). The first-order valence-corrected chi connectivity index (χ1v) is 10.2. The zero-order valence-corrected chi connectivity index (χ0v) is 14.9. The number of benzene rings is 1. The molecule has 0 aromatic heterocycles. The molecule has 0 fully saturated rings. The summed E-state index contributed by atoms with van der Waals surface area (Å²) in [7, 11) is -1.90. The second kappa shape index (κ2) is 6.94. The molecule has 116 valence electrons. The minimum Gasteiger partial charge on any atom is -0.543 e. The maximum Gasteiger partial charge on any atom is 0.298 e. The van der Waals surface area contributed by atoms with Gasteiger partial charge in [0, 0.05) is 11.6 Å². The van der Waals surface area contributed by atoms with Crippen LogP contribution in [0.4, 0.5) is 0 Å². The first-order chi connectivity index (χ1) is 9.71. The molecular formula is C17H26O3Si. The molecule has 0 amide bonds. The van der Waals surface area contributed by atoms with Gasteiger partial charge >= 0.3 is 0 Å². The van der Waals surface area contributed by atoms with Crippen molar-refractivity contribution < 1.29 is 14.0 Å². The van der Waals surface area contributed by atoms with Gasteiger partial charge < -0.3 is 9.16 Å². The molecule has 0 saturated heterocycles. The fourth-order valence-electron chi connectivity index (χ4n) is 1.56. The average molecular weight is 306 g/mol. The van der Waals surface area contributed by atoms with Crippen molar-refractivity contribution in [2.24, 2.45) is 0 Å². The van der Waals surface area contributed by atoms with Crippen LogP contribution in [0.3, 0.4) is 0 Å². The van der Waals surface area contributed by atoms with Crippen molar-refractivity contribution in [3.8, 4) is 11.5 Å².